The zero-order chi connectivity index (χ0) is 23.1. The maximum absolute atomic E-state index is 12.6. The molecule has 0 aliphatic heterocycles. The number of nitrogens with one attached hydrogen (secondary N) is 3. The predicted molar refractivity (Wildman–Crippen MR) is 124 cm³/mol. The summed E-state index contributed by atoms with van der Waals surface area (Å²) < 4.78 is 5.25. The van der Waals surface area contributed by atoms with Crippen LogP contribution in [0.25, 0.3) is 0 Å². The highest BCUT2D eigenvalue weighted by Gasteiger charge is 2.13. The van der Waals surface area contributed by atoms with Crippen LogP contribution in [0.15, 0.2) is 66.7 Å². The lowest BCUT2D eigenvalue weighted by molar-refractivity contribution is -0.115. The Bertz CT molecular complexity index is 1140. The molecule has 32 heavy (non-hydrogen) atoms. The van der Waals surface area contributed by atoms with Gasteiger partial charge >= 0.3 is 0 Å². The van der Waals surface area contributed by atoms with Crippen molar-refractivity contribution in [2.45, 2.75) is 13.8 Å². The third kappa shape index (κ3) is 5.72. The average molecular weight is 431 g/mol. The van der Waals surface area contributed by atoms with Crippen LogP contribution in [0.4, 0.5) is 11.4 Å². The second-order valence-corrected chi connectivity index (χ2v) is 7.28. The van der Waals surface area contributed by atoms with E-state index in [1.54, 1.807) is 54.6 Å². The standard InChI is InChI=1S/C25H25N3O4/c1-16-9-12-22(32-3)21(13-16)27-23(29)15-26-24(30)19-11-10-17(2)20(14-19)28-25(31)18-7-5-4-6-8-18/h4-14H,15H2,1-3H3,(H,26,30)(H,27,29)(H,28,31). The Balaban J connectivity index is 1.63. The average Bonchev–Trinajstić information content (AvgIpc) is 2.79. The summed E-state index contributed by atoms with van der Waals surface area (Å²) in [5.41, 5.74) is 3.70. The third-order valence-electron chi connectivity index (χ3n) is 4.82. The van der Waals surface area contributed by atoms with E-state index in [1.165, 1.54) is 7.11 Å². The fourth-order valence-electron chi connectivity index (χ4n) is 3.06. The van der Waals surface area contributed by atoms with Gasteiger partial charge in [-0.05, 0) is 61.4 Å². The molecule has 0 saturated heterocycles. The van der Waals surface area contributed by atoms with Crippen LogP contribution >= 0.6 is 0 Å². The predicted octanol–water partition coefficient (Wildman–Crippen LogP) is 3.93. The molecule has 7 heteroatoms. The second-order valence-electron chi connectivity index (χ2n) is 7.28. The number of hydrogen-bond donors (Lipinski definition) is 3. The third-order valence-corrected chi connectivity index (χ3v) is 4.82. The molecule has 3 rings (SSSR count). The molecule has 0 heterocycles. The Morgan fingerprint density at radius 3 is 2.25 bits per heavy atom. The molecule has 0 saturated carbocycles. The van der Waals surface area contributed by atoms with Crippen LogP contribution in [0, 0.1) is 13.8 Å². The van der Waals surface area contributed by atoms with Gasteiger partial charge < -0.3 is 20.7 Å². The Labute approximate surface area is 186 Å². The maximum Gasteiger partial charge on any atom is 0.255 e. The number of aryl methyl sites for hydroxylation is 2. The summed E-state index contributed by atoms with van der Waals surface area (Å²) in [6.45, 7) is 3.53. The molecule has 0 spiro atoms. The fourth-order valence-corrected chi connectivity index (χ4v) is 3.06. The first-order chi connectivity index (χ1) is 15.4. The Morgan fingerprint density at radius 1 is 0.781 bits per heavy atom. The summed E-state index contributed by atoms with van der Waals surface area (Å²) in [5, 5.41) is 8.16. The van der Waals surface area contributed by atoms with Crippen molar-refractivity contribution in [2.24, 2.45) is 0 Å². The molecule has 7 nitrogen and oxygen atoms in total. The summed E-state index contributed by atoms with van der Waals surface area (Å²) in [4.78, 5) is 37.3. The molecule has 0 aromatic heterocycles. The number of hydrogen-bond acceptors (Lipinski definition) is 4. The Morgan fingerprint density at radius 2 is 1.53 bits per heavy atom. The minimum atomic E-state index is -0.424. The van der Waals surface area contributed by atoms with Crippen LogP contribution in [0.3, 0.4) is 0 Å². The van der Waals surface area contributed by atoms with Crippen LogP contribution < -0.4 is 20.7 Å². The molecule has 0 atom stereocenters. The van der Waals surface area contributed by atoms with E-state index in [1.807, 2.05) is 26.0 Å². The number of carbonyl (C=O) groups excluding carboxylic acids is 3. The number of anilines is 2. The zero-order valence-electron chi connectivity index (χ0n) is 18.2. The van der Waals surface area contributed by atoms with Gasteiger partial charge in [-0.3, -0.25) is 14.4 Å². The maximum atomic E-state index is 12.6. The van der Waals surface area contributed by atoms with Crippen molar-refractivity contribution in [3.05, 3.63) is 89.0 Å². The monoisotopic (exact) mass is 431 g/mol. The number of rotatable bonds is 7. The lowest BCUT2D eigenvalue weighted by atomic mass is 10.1. The van der Waals surface area contributed by atoms with Gasteiger partial charge in [-0.25, -0.2) is 0 Å². The van der Waals surface area contributed by atoms with E-state index in [0.717, 1.165) is 11.1 Å². The molecule has 164 valence electrons. The topological polar surface area (TPSA) is 96.5 Å². The molecule has 3 N–H and O–H groups in total. The van der Waals surface area contributed by atoms with Crippen molar-refractivity contribution in [1.82, 2.24) is 5.32 Å². The van der Waals surface area contributed by atoms with Crippen molar-refractivity contribution in [2.75, 3.05) is 24.3 Å². The fraction of sp³-hybridized carbons (Fsp3) is 0.160. The number of methoxy groups -OCH3 is 1. The Kier molecular flexibility index (Phi) is 7.23. The van der Waals surface area contributed by atoms with Gasteiger partial charge in [0, 0.05) is 16.8 Å². The van der Waals surface area contributed by atoms with Crippen LogP contribution in [0.1, 0.15) is 31.8 Å². The van der Waals surface area contributed by atoms with E-state index < -0.39 is 5.91 Å². The van der Waals surface area contributed by atoms with Crippen molar-refractivity contribution in [1.29, 1.82) is 0 Å². The van der Waals surface area contributed by atoms with Crippen LogP contribution in [0.2, 0.25) is 0 Å². The van der Waals surface area contributed by atoms with Crippen molar-refractivity contribution < 1.29 is 19.1 Å². The molecule has 0 bridgehead atoms. The van der Waals surface area contributed by atoms with E-state index in [0.29, 0.717) is 28.3 Å². The van der Waals surface area contributed by atoms with Gasteiger partial charge in [0.2, 0.25) is 5.91 Å². The number of ether oxygens (including phenoxy) is 1. The minimum absolute atomic E-state index is 0.213. The molecule has 3 amide bonds. The van der Waals surface area contributed by atoms with Gasteiger partial charge in [-0.2, -0.15) is 0 Å². The largest absolute Gasteiger partial charge is 0.495 e. The highest BCUT2D eigenvalue weighted by Crippen LogP contribution is 2.25. The van der Waals surface area contributed by atoms with Gasteiger partial charge in [-0.1, -0.05) is 30.3 Å². The molecule has 3 aromatic rings. The highest BCUT2D eigenvalue weighted by atomic mass is 16.5. The highest BCUT2D eigenvalue weighted by molar-refractivity contribution is 6.06. The van der Waals surface area contributed by atoms with Crippen molar-refractivity contribution >= 4 is 29.1 Å². The Hall–Kier alpha value is -4.13. The molecule has 0 aliphatic rings. The molecule has 0 unspecified atom stereocenters. The molecule has 0 fully saturated rings. The van der Waals surface area contributed by atoms with E-state index in [-0.39, 0.29) is 18.4 Å². The molecular weight excluding hydrogens is 406 g/mol. The smallest absolute Gasteiger partial charge is 0.255 e. The van der Waals surface area contributed by atoms with Crippen LogP contribution in [-0.4, -0.2) is 31.4 Å². The van der Waals surface area contributed by atoms with Gasteiger partial charge in [0.1, 0.15) is 5.75 Å². The van der Waals surface area contributed by atoms with Crippen molar-refractivity contribution in [3.63, 3.8) is 0 Å². The molecular formula is C25H25N3O4. The first kappa shape index (κ1) is 22.6. The molecule has 0 aliphatic carbocycles. The van der Waals surface area contributed by atoms with E-state index >= 15 is 0 Å². The molecule has 3 aromatic carbocycles. The van der Waals surface area contributed by atoms with Gasteiger partial charge in [-0.15, -0.1) is 0 Å². The summed E-state index contributed by atoms with van der Waals surface area (Å²) in [6.07, 6.45) is 0. The zero-order valence-corrected chi connectivity index (χ0v) is 18.2. The quantitative estimate of drug-likeness (QED) is 0.528. The van der Waals surface area contributed by atoms with Gasteiger partial charge in [0.15, 0.2) is 0 Å². The lowest BCUT2D eigenvalue weighted by Gasteiger charge is -2.13. The number of benzene rings is 3. The lowest BCUT2D eigenvalue weighted by Crippen LogP contribution is -2.33. The summed E-state index contributed by atoms with van der Waals surface area (Å²) in [5.74, 6) is -0.538. The van der Waals surface area contributed by atoms with Gasteiger partial charge in [0.05, 0.1) is 19.3 Å². The van der Waals surface area contributed by atoms with Gasteiger partial charge in [0.25, 0.3) is 11.8 Å². The summed E-state index contributed by atoms with van der Waals surface area (Å²) >= 11 is 0. The first-order valence-corrected chi connectivity index (χ1v) is 10.1. The van der Waals surface area contributed by atoms with Crippen LogP contribution in [-0.2, 0) is 4.79 Å². The normalized spacial score (nSPS) is 10.2. The second kappa shape index (κ2) is 10.3. The summed E-state index contributed by atoms with van der Waals surface area (Å²) in [7, 11) is 1.52. The van der Waals surface area contributed by atoms with E-state index in [9.17, 15) is 14.4 Å². The number of carbonyl (C=O) groups is 3. The summed E-state index contributed by atoms with van der Waals surface area (Å²) in [6, 6.07) is 19.2. The number of amides is 3. The molecule has 0 radical (unpaired) electrons. The minimum Gasteiger partial charge on any atom is -0.495 e. The van der Waals surface area contributed by atoms with E-state index in [2.05, 4.69) is 16.0 Å². The van der Waals surface area contributed by atoms with Crippen molar-refractivity contribution in [3.8, 4) is 5.75 Å². The first-order valence-electron chi connectivity index (χ1n) is 10.1. The van der Waals surface area contributed by atoms with Crippen LogP contribution in [0.5, 0.6) is 5.75 Å². The van der Waals surface area contributed by atoms with E-state index in [4.69, 9.17) is 4.74 Å². The SMILES string of the molecule is COc1ccc(C)cc1NC(=O)CNC(=O)c1ccc(C)c(NC(=O)c2ccccc2)c1.